The van der Waals surface area contributed by atoms with Crippen molar-refractivity contribution in [2.24, 2.45) is 0 Å². The molecule has 0 atom stereocenters. The first kappa shape index (κ1) is 15.9. The lowest BCUT2D eigenvalue weighted by molar-refractivity contribution is 0.0526. The van der Waals surface area contributed by atoms with Gasteiger partial charge in [0.25, 0.3) is 0 Å². The Labute approximate surface area is 136 Å². The van der Waals surface area contributed by atoms with Gasteiger partial charge in [-0.25, -0.2) is 4.79 Å². The molecule has 0 fully saturated rings. The Hall–Kier alpha value is -1.46. The second-order valence-corrected chi connectivity index (χ2v) is 6.14. The zero-order valence-electron chi connectivity index (χ0n) is 11.8. The van der Waals surface area contributed by atoms with Gasteiger partial charge in [0.05, 0.1) is 23.8 Å². The lowest BCUT2D eigenvalue weighted by Gasteiger charge is -2.07. The molecule has 0 spiro atoms. The highest BCUT2D eigenvalue weighted by Crippen LogP contribution is 2.34. The third-order valence-corrected chi connectivity index (χ3v) is 4.38. The minimum Gasteiger partial charge on any atom is -0.496 e. The van der Waals surface area contributed by atoms with Gasteiger partial charge in [-0.3, -0.25) is 0 Å². The van der Waals surface area contributed by atoms with Crippen LogP contribution in [0.15, 0.2) is 56.7 Å². The fraction of sp³-hybridized carbons (Fsp3) is 0.188. The van der Waals surface area contributed by atoms with Crippen molar-refractivity contribution in [1.29, 1.82) is 0 Å². The smallest absolute Gasteiger partial charge is 0.338 e. The molecule has 0 saturated heterocycles. The van der Waals surface area contributed by atoms with Gasteiger partial charge in [-0.15, -0.1) is 0 Å². The van der Waals surface area contributed by atoms with Crippen LogP contribution in [0.4, 0.5) is 0 Å². The molecule has 0 aromatic heterocycles. The maximum absolute atomic E-state index is 11.6. The molecule has 0 N–H and O–H groups in total. The predicted molar refractivity (Wildman–Crippen MR) is 87.2 cm³/mol. The standard InChI is InChI=1S/C16H15BrO3S/c1-3-20-16(18)11-4-6-12(7-5-11)21-13-8-9-14(17)15(10-13)19-2/h4-10H,3H2,1-2H3. The molecule has 0 saturated carbocycles. The molecule has 0 amide bonds. The van der Waals surface area contributed by atoms with E-state index in [-0.39, 0.29) is 5.97 Å². The molecule has 110 valence electrons. The number of carbonyl (C=O) groups is 1. The van der Waals surface area contributed by atoms with E-state index in [1.807, 2.05) is 30.3 Å². The summed E-state index contributed by atoms with van der Waals surface area (Å²) in [5.74, 6) is 0.502. The Morgan fingerprint density at radius 1 is 1.14 bits per heavy atom. The Morgan fingerprint density at radius 3 is 2.43 bits per heavy atom. The first-order valence-electron chi connectivity index (χ1n) is 6.42. The molecule has 5 heteroatoms. The van der Waals surface area contributed by atoms with Crippen LogP contribution in [0.5, 0.6) is 5.75 Å². The highest BCUT2D eigenvalue weighted by Gasteiger charge is 2.07. The van der Waals surface area contributed by atoms with Crippen molar-refractivity contribution in [3.05, 3.63) is 52.5 Å². The minimum atomic E-state index is -0.292. The zero-order valence-corrected chi connectivity index (χ0v) is 14.2. The van der Waals surface area contributed by atoms with Crippen molar-refractivity contribution in [2.45, 2.75) is 16.7 Å². The number of ether oxygens (including phenoxy) is 2. The Morgan fingerprint density at radius 2 is 1.81 bits per heavy atom. The summed E-state index contributed by atoms with van der Waals surface area (Å²) in [6, 6.07) is 13.3. The summed E-state index contributed by atoms with van der Waals surface area (Å²) >= 11 is 5.04. The van der Waals surface area contributed by atoms with Gasteiger partial charge in [-0.2, -0.15) is 0 Å². The topological polar surface area (TPSA) is 35.5 Å². The lowest BCUT2D eigenvalue weighted by atomic mass is 10.2. The number of rotatable bonds is 5. The molecule has 0 bridgehead atoms. The quantitative estimate of drug-likeness (QED) is 0.712. The average molecular weight is 367 g/mol. The monoisotopic (exact) mass is 366 g/mol. The van der Waals surface area contributed by atoms with Crippen LogP contribution in [-0.2, 0) is 4.74 Å². The summed E-state index contributed by atoms with van der Waals surface area (Å²) in [6.45, 7) is 2.18. The number of hydrogen-bond donors (Lipinski definition) is 0. The van der Waals surface area contributed by atoms with Crippen molar-refractivity contribution in [3.8, 4) is 5.75 Å². The molecule has 0 heterocycles. The molecule has 0 radical (unpaired) electrons. The van der Waals surface area contributed by atoms with Gasteiger partial charge in [-0.05, 0) is 65.3 Å². The van der Waals surface area contributed by atoms with Crippen LogP contribution < -0.4 is 4.74 Å². The third kappa shape index (κ3) is 4.25. The van der Waals surface area contributed by atoms with Crippen LogP contribution in [-0.4, -0.2) is 19.7 Å². The van der Waals surface area contributed by atoms with E-state index in [0.29, 0.717) is 12.2 Å². The molecule has 2 aromatic rings. The molecular weight excluding hydrogens is 352 g/mol. The molecule has 2 rings (SSSR count). The number of esters is 1. The van der Waals surface area contributed by atoms with Gasteiger partial charge in [0, 0.05) is 9.79 Å². The van der Waals surface area contributed by atoms with Gasteiger partial charge in [0.2, 0.25) is 0 Å². The van der Waals surface area contributed by atoms with E-state index in [2.05, 4.69) is 15.9 Å². The van der Waals surface area contributed by atoms with E-state index in [0.717, 1.165) is 20.0 Å². The largest absolute Gasteiger partial charge is 0.496 e. The van der Waals surface area contributed by atoms with Crippen LogP contribution in [0.25, 0.3) is 0 Å². The molecular formula is C16H15BrO3S. The second-order valence-electron chi connectivity index (χ2n) is 4.14. The molecule has 0 aliphatic carbocycles. The van der Waals surface area contributed by atoms with Crippen LogP contribution >= 0.6 is 27.7 Å². The predicted octanol–water partition coefficient (Wildman–Crippen LogP) is 4.79. The summed E-state index contributed by atoms with van der Waals surface area (Å²) in [4.78, 5) is 13.7. The summed E-state index contributed by atoms with van der Waals surface area (Å²) in [6.07, 6.45) is 0. The number of benzene rings is 2. The lowest BCUT2D eigenvalue weighted by Crippen LogP contribution is -2.03. The Bertz CT molecular complexity index is 626. The van der Waals surface area contributed by atoms with Gasteiger partial charge in [0.15, 0.2) is 0 Å². The second kappa shape index (κ2) is 7.52. The molecule has 3 nitrogen and oxygen atoms in total. The van der Waals surface area contributed by atoms with E-state index < -0.39 is 0 Å². The molecule has 0 unspecified atom stereocenters. The first-order chi connectivity index (χ1) is 10.1. The maximum atomic E-state index is 11.6. The average Bonchev–Trinajstić information content (AvgIpc) is 2.50. The van der Waals surface area contributed by atoms with E-state index in [1.165, 1.54) is 0 Å². The third-order valence-electron chi connectivity index (χ3n) is 2.72. The van der Waals surface area contributed by atoms with Crippen molar-refractivity contribution < 1.29 is 14.3 Å². The van der Waals surface area contributed by atoms with Gasteiger partial charge < -0.3 is 9.47 Å². The molecule has 0 aliphatic heterocycles. The number of hydrogen-bond acceptors (Lipinski definition) is 4. The summed E-state index contributed by atoms with van der Waals surface area (Å²) in [5, 5.41) is 0. The minimum absolute atomic E-state index is 0.292. The van der Waals surface area contributed by atoms with E-state index >= 15 is 0 Å². The summed E-state index contributed by atoms with van der Waals surface area (Å²) in [5.41, 5.74) is 0.564. The van der Waals surface area contributed by atoms with Crippen molar-refractivity contribution in [3.63, 3.8) is 0 Å². The normalized spacial score (nSPS) is 10.2. The molecule has 0 aliphatic rings. The SMILES string of the molecule is CCOC(=O)c1ccc(Sc2ccc(Br)c(OC)c2)cc1. The highest BCUT2D eigenvalue weighted by molar-refractivity contribution is 9.10. The van der Waals surface area contributed by atoms with E-state index in [9.17, 15) is 4.79 Å². The Kier molecular flexibility index (Phi) is 5.70. The molecule has 2 aromatic carbocycles. The maximum Gasteiger partial charge on any atom is 0.338 e. The van der Waals surface area contributed by atoms with Crippen LogP contribution in [0.3, 0.4) is 0 Å². The van der Waals surface area contributed by atoms with Gasteiger partial charge in [-0.1, -0.05) is 11.8 Å². The van der Waals surface area contributed by atoms with Gasteiger partial charge >= 0.3 is 5.97 Å². The highest BCUT2D eigenvalue weighted by atomic mass is 79.9. The fourth-order valence-corrected chi connectivity index (χ4v) is 2.97. The number of carbonyl (C=O) groups excluding carboxylic acids is 1. The fourth-order valence-electron chi connectivity index (χ4n) is 1.71. The van der Waals surface area contributed by atoms with E-state index in [4.69, 9.17) is 9.47 Å². The van der Waals surface area contributed by atoms with Gasteiger partial charge in [0.1, 0.15) is 5.75 Å². The van der Waals surface area contributed by atoms with E-state index in [1.54, 1.807) is 37.9 Å². The van der Waals surface area contributed by atoms with Crippen molar-refractivity contribution >= 4 is 33.7 Å². The number of methoxy groups -OCH3 is 1. The van der Waals surface area contributed by atoms with Crippen LogP contribution in [0, 0.1) is 0 Å². The van der Waals surface area contributed by atoms with Crippen LogP contribution in [0.1, 0.15) is 17.3 Å². The first-order valence-corrected chi connectivity index (χ1v) is 8.03. The number of halogens is 1. The van der Waals surface area contributed by atoms with Crippen molar-refractivity contribution in [2.75, 3.05) is 13.7 Å². The summed E-state index contributed by atoms with van der Waals surface area (Å²) < 4.78 is 11.2. The van der Waals surface area contributed by atoms with Crippen LogP contribution in [0.2, 0.25) is 0 Å². The zero-order chi connectivity index (χ0) is 15.2. The summed E-state index contributed by atoms with van der Waals surface area (Å²) in [7, 11) is 1.64. The molecule has 21 heavy (non-hydrogen) atoms. The van der Waals surface area contributed by atoms with Crippen molar-refractivity contribution in [1.82, 2.24) is 0 Å². The Balaban J connectivity index is 2.11.